The van der Waals surface area contributed by atoms with Crippen molar-refractivity contribution in [1.82, 2.24) is 9.21 Å². The van der Waals surface area contributed by atoms with Crippen LogP contribution in [0.1, 0.15) is 17.0 Å². The quantitative estimate of drug-likeness (QED) is 0.609. The second-order valence-electron chi connectivity index (χ2n) is 8.89. The molecule has 2 aliphatic rings. The number of piperazine rings is 1. The Hall–Kier alpha value is -3.07. The second-order valence-corrected chi connectivity index (χ2v) is 10.8. The summed E-state index contributed by atoms with van der Waals surface area (Å²) in [6, 6.07) is 20.2. The maximum atomic E-state index is 13.7. The van der Waals surface area contributed by atoms with Crippen LogP contribution < -0.4 is 0 Å². The summed E-state index contributed by atoms with van der Waals surface area (Å²) in [5.74, 6) is -1.21. The SMILES string of the molecule is Cc1cccc(-c2ccc([C@H]3[C@H](CO)N4C(=O)CN(S(=O)(=O)c5cccc(F)c5)C[C@@H]34)cc2)c1. The molecule has 0 aromatic heterocycles. The number of nitrogens with zero attached hydrogens (tertiary/aromatic N) is 2. The predicted octanol–water partition coefficient (Wildman–Crippen LogP) is 3.16. The zero-order valence-electron chi connectivity index (χ0n) is 18.6. The Labute approximate surface area is 198 Å². The van der Waals surface area contributed by atoms with Crippen LogP contribution in [0.25, 0.3) is 11.1 Å². The van der Waals surface area contributed by atoms with E-state index in [1.54, 1.807) is 4.90 Å². The smallest absolute Gasteiger partial charge is 0.243 e. The minimum absolute atomic E-state index is 0.0887. The van der Waals surface area contributed by atoms with E-state index >= 15 is 0 Å². The van der Waals surface area contributed by atoms with E-state index in [-0.39, 0.29) is 36.4 Å². The molecule has 0 unspecified atom stereocenters. The first-order valence-corrected chi connectivity index (χ1v) is 12.6. The highest BCUT2D eigenvalue weighted by Crippen LogP contribution is 2.44. The summed E-state index contributed by atoms with van der Waals surface area (Å²) >= 11 is 0. The van der Waals surface area contributed by atoms with Crippen LogP contribution in [0, 0.1) is 12.7 Å². The Bertz CT molecular complexity index is 1340. The molecule has 3 atom stereocenters. The van der Waals surface area contributed by atoms with Gasteiger partial charge in [0.1, 0.15) is 5.82 Å². The molecule has 0 bridgehead atoms. The molecule has 5 rings (SSSR count). The number of carbonyl (C=O) groups excluding carboxylic acids is 1. The lowest BCUT2D eigenvalue weighted by Gasteiger charge is -2.58. The van der Waals surface area contributed by atoms with Gasteiger partial charge >= 0.3 is 0 Å². The molecule has 6 nitrogen and oxygen atoms in total. The third kappa shape index (κ3) is 3.81. The molecule has 2 saturated heterocycles. The van der Waals surface area contributed by atoms with Crippen LogP contribution in [0.4, 0.5) is 4.39 Å². The van der Waals surface area contributed by atoms with Crippen LogP contribution in [0.2, 0.25) is 0 Å². The molecule has 34 heavy (non-hydrogen) atoms. The lowest BCUT2D eigenvalue weighted by molar-refractivity contribution is -0.158. The van der Waals surface area contributed by atoms with Crippen molar-refractivity contribution in [3.05, 3.63) is 89.7 Å². The van der Waals surface area contributed by atoms with Crippen LogP contribution in [0.3, 0.4) is 0 Å². The number of hydrogen-bond acceptors (Lipinski definition) is 4. The number of sulfonamides is 1. The van der Waals surface area contributed by atoms with Gasteiger partial charge in [-0.3, -0.25) is 4.79 Å². The minimum Gasteiger partial charge on any atom is -0.394 e. The average molecular weight is 481 g/mol. The van der Waals surface area contributed by atoms with Gasteiger partial charge in [-0.2, -0.15) is 4.31 Å². The Morgan fingerprint density at radius 1 is 1.00 bits per heavy atom. The summed E-state index contributed by atoms with van der Waals surface area (Å²) in [5, 5.41) is 10.0. The van der Waals surface area contributed by atoms with Crippen molar-refractivity contribution in [2.75, 3.05) is 19.7 Å². The molecular formula is C26H25FN2O4S. The summed E-state index contributed by atoms with van der Waals surface area (Å²) < 4.78 is 41.0. The summed E-state index contributed by atoms with van der Waals surface area (Å²) in [5.41, 5.74) is 4.26. The number of benzene rings is 3. The number of hydrogen-bond donors (Lipinski definition) is 1. The third-order valence-electron chi connectivity index (χ3n) is 6.80. The zero-order valence-corrected chi connectivity index (χ0v) is 19.5. The number of rotatable bonds is 5. The first-order valence-electron chi connectivity index (χ1n) is 11.1. The second kappa shape index (κ2) is 8.61. The molecule has 176 valence electrons. The molecule has 0 radical (unpaired) electrons. The van der Waals surface area contributed by atoms with Crippen molar-refractivity contribution in [3.8, 4) is 11.1 Å². The molecule has 0 saturated carbocycles. The van der Waals surface area contributed by atoms with Crippen LogP contribution in [-0.4, -0.2) is 60.4 Å². The van der Waals surface area contributed by atoms with Crippen molar-refractivity contribution < 1.29 is 22.7 Å². The summed E-state index contributed by atoms with van der Waals surface area (Å²) in [6.45, 7) is 1.59. The number of aryl methyl sites for hydroxylation is 1. The largest absolute Gasteiger partial charge is 0.394 e. The lowest BCUT2D eigenvalue weighted by Crippen LogP contribution is -2.73. The molecule has 0 aliphatic carbocycles. The number of carbonyl (C=O) groups is 1. The van der Waals surface area contributed by atoms with E-state index < -0.39 is 27.9 Å². The maximum absolute atomic E-state index is 13.7. The van der Waals surface area contributed by atoms with Gasteiger partial charge in [-0.05, 0) is 41.8 Å². The monoisotopic (exact) mass is 480 g/mol. The molecule has 8 heteroatoms. The van der Waals surface area contributed by atoms with E-state index in [4.69, 9.17) is 0 Å². The molecule has 0 spiro atoms. The van der Waals surface area contributed by atoms with Crippen molar-refractivity contribution in [2.24, 2.45) is 0 Å². The summed E-state index contributed by atoms with van der Waals surface area (Å²) in [6.07, 6.45) is 0. The number of halogens is 1. The number of fused-ring (bicyclic) bond motifs is 1. The van der Waals surface area contributed by atoms with E-state index in [0.717, 1.165) is 32.6 Å². The molecule has 1 amide bonds. The molecule has 1 N–H and O–H groups in total. The van der Waals surface area contributed by atoms with E-state index in [1.807, 2.05) is 49.4 Å². The normalized spacial score (nSPS) is 22.9. The van der Waals surface area contributed by atoms with Crippen LogP contribution in [0.5, 0.6) is 0 Å². The highest BCUT2D eigenvalue weighted by atomic mass is 32.2. The predicted molar refractivity (Wildman–Crippen MR) is 126 cm³/mol. The van der Waals surface area contributed by atoms with Crippen molar-refractivity contribution in [3.63, 3.8) is 0 Å². The molecule has 3 aromatic rings. The Kier molecular flexibility index (Phi) is 5.75. The fourth-order valence-corrected chi connectivity index (χ4v) is 6.59. The maximum Gasteiger partial charge on any atom is 0.243 e. The van der Waals surface area contributed by atoms with Gasteiger partial charge in [0.2, 0.25) is 15.9 Å². The Morgan fingerprint density at radius 3 is 2.41 bits per heavy atom. The van der Waals surface area contributed by atoms with Gasteiger partial charge in [-0.25, -0.2) is 12.8 Å². The highest BCUT2D eigenvalue weighted by molar-refractivity contribution is 7.89. The van der Waals surface area contributed by atoms with Gasteiger partial charge in [0.15, 0.2) is 0 Å². The highest BCUT2D eigenvalue weighted by Gasteiger charge is 2.55. The van der Waals surface area contributed by atoms with E-state index in [2.05, 4.69) is 6.07 Å². The van der Waals surface area contributed by atoms with Gasteiger partial charge < -0.3 is 10.0 Å². The zero-order chi connectivity index (χ0) is 24.0. The first-order chi connectivity index (χ1) is 16.3. The molecule has 3 aromatic carbocycles. The number of aliphatic hydroxyl groups excluding tert-OH is 1. The molecular weight excluding hydrogens is 455 g/mol. The van der Waals surface area contributed by atoms with Crippen molar-refractivity contribution >= 4 is 15.9 Å². The van der Waals surface area contributed by atoms with Crippen LogP contribution >= 0.6 is 0 Å². The van der Waals surface area contributed by atoms with Gasteiger partial charge in [0.05, 0.1) is 30.1 Å². The fraction of sp³-hybridized carbons (Fsp3) is 0.269. The van der Waals surface area contributed by atoms with E-state index in [9.17, 15) is 22.7 Å². The summed E-state index contributed by atoms with van der Waals surface area (Å²) in [7, 11) is -4.03. The standard InChI is InChI=1S/C26H25FN2O4S/c1-17-4-2-5-20(12-17)18-8-10-19(11-9-18)26-23-14-28(15-25(31)29(23)24(26)16-30)34(32,33)22-7-3-6-21(27)13-22/h2-13,23-24,26,30H,14-16H2,1H3/t23-,24-,26+/m0/s1. The molecule has 2 aliphatic heterocycles. The van der Waals surface area contributed by atoms with Gasteiger partial charge in [0, 0.05) is 12.5 Å². The average Bonchev–Trinajstić information content (AvgIpc) is 2.80. The van der Waals surface area contributed by atoms with Crippen LogP contribution in [-0.2, 0) is 14.8 Å². The minimum atomic E-state index is -4.03. The van der Waals surface area contributed by atoms with Crippen molar-refractivity contribution in [2.45, 2.75) is 29.8 Å². The molecule has 2 fully saturated rings. The number of aliphatic hydroxyl groups is 1. The summed E-state index contributed by atoms with van der Waals surface area (Å²) in [4.78, 5) is 14.3. The number of amides is 1. The Morgan fingerprint density at radius 2 is 1.74 bits per heavy atom. The van der Waals surface area contributed by atoms with Gasteiger partial charge in [-0.1, -0.05) is 60.2 Å². The van der Waals surface area contributed by atoms with E-state index in [0.29, 0.717) is 0 Å². The van der Waals surface area contributed by atoms with Crippen molar-refractivity contribution in [1.29, 1.82) is 0 Å². The fourth-order valence-electron chi connectivity index (χ4n) is 5.15. The van der Waals surface area contributed by atoms with Gasteiger partial charge in [0.25, 0.3) is 0 Å². The Balaban J connectivity index is 1.42. The van der Waals surface area contributed by atoms with Crippen LogP contribution in [0.15, 0.2) is 77.7 Å². The lowest BCUT2D eigenvalue weighted by atomic mass is 9.74. The van der Waals surface area contributed by atoms with E-state index in [1.165, 1.54) is 18.2 Å². The van der Waals surface area contributed by atoms with Gasteiger partial charge in [-0.15, -0.1) is 0 Å². The molecule has 2 heterocycles. The topological polar surface area (TPSA) is 77.9 Å². The first kappa shape index (κ1) is 22.7. The third-order valence-corrected chi connectivity index (χ3v) is 8.61.